The monoisotopic (exact) mass is 110 g/mol. The van der Waals surface area contributed by atoms with E-state index in [-0.39, 0.29) is 0 Å². The Hall–Kier alpha value is -0.520. The van der Waals surface area contributed by atoms with Gasteiger partial charge in [0.05, 0.1) is 0 Å². The van der Waals surface area contributed by atoms with Crippen LogP contribution in [0.5, 0.6) is 0 Å². The van der Waals surface area contributed by atoms with E-state index in [4.69, 9.17) is 0 Å². The Kier molecular flexibility index (Phi) is 3.25. The van der Waals surface area contributed by atoms with Gasteiger partial charge in [-0.25, -0.2) is 0 Å². The van der Waals surface area contributed by atoms with E-state index < -0.39 is 0 Å². The van der Waals surface area contributed by atoms with Crippen LogP contribution in [0.3, 0.4) is 0 Å². The van der Waals surface area contributed by atoms with Crippen molar-refractivity contribution in [2.24, 2.45) is 0 Å². The van der Waals surface area contributed by atoms with Crippen LogP contribution < -0.4 is 0 Å². The Morgan fingerprint density at radius 3 is 1.75 bits per heavy atom. The summed E-state index contributed by atoms with van der Waals surface area (Å²) in [6.07, 6.45) is 4.18. The molecule has 0 aliphatic heterocycles. The highest BCUT2D eigenvalue weighted by molar-refractivity contribution is 5.19. The second-order valence-electron chi connectivity index (χ2n) is 2.18. The molecule has 0 saturated heterocycles. The fourth-order valence-electron chi connectivity index (χ4n) is 0.417. The number of allylic oxidation sites excluding steroid dienone is 4. The van der Waals surface area contributed by atoms with Crippen molar-refractivity contribution in [3.63, 3.8) is 0 Å². The first kappa shape index (κ1) is 7.48. The summed E-state index contributed by atoms with van der Waals surface area (Å²) in [6.45, 7) is 8.40. The first-order valence-corrected chi connectivity index (χ1v) is 2.95. The zero-order valence-corrected chi connectivity index (χ0v) is 6.15. The molecule has 0 fully saturated rings. The van der Waals surface area contributed by atoms with Crippen LogP contribution in [0.25, 0.3) is 0 Å². The summed E-state index contributed by atoms with van der Waals surface area (Å²) in [5, 5.41) is 0. The Labute approximate surface area is 51.9 Å². The van der Waals surface area contributed by atoms with Gasteiger partial charge in [0.2, 0.25) is 0 Å². The topological polar surface area (TPSA) is 0 Å². The molecule has 0 unspecified atom stereocenters. The summed E-state index contributed by atoms with van der Waals surface area (Å²) >= 11 is 0. The maximum Gasteiger partial charge on any atom is -0.0399 e. The van der Waals surface area contributed by atoms with E-state index in [1.54, 1.807) is 0 Å². The van der Waals surface area contributed by atoms with Crippen molar-refractivity contribution >= 4 is 0 Å². The first-order chi connectivity index (χ1) is 3.68. The van der Waals surface area contributed by atoms with E-state index in [2.05, 4.69) is 32.9 Å². The lowest BCUT2D eigenvalue weighted by molar-refractivity contribution is 1.29. The molecule has 0 spiro atoms. The fourth-order valence-corrected chi connectivity index (χ4v) is 0.417. The minimum absolute atomic E-state index is 1.37. The lowest BCUT2D eigenvalue weighted by Gasteiger charge is -1.91. The molecule has 0 N–H and O–H groups in total. The van der Waals surface area contributed by atoms with Gasteiger partial charge in [0, 0.05) is 0 Å². The van der Waals surface area contributed by atoms with E-state index >= 15 is 0 Å². The lowest BCUT2D eigenvalue weighted by atomic mass is 10.2. The molecule has 0 aromatic carbocycles. The summed E-state index contributed by atoms with van der Waals surface area (Å²) in [7, 11) is 0. The van der Waals surface area contributed by atoms with Crippen LogP contribution in [0.15, 0.2) is 23.3 Å². The average Bonchev–Trinajstić information content (AvgIpc) is 1.67. The van der Waals surface area contributed by atoms with E-state index in [9.17, 15) is 0 Å². The highest BCUT2D eigenvalue weighted by Gasteiger charge is 1.80. The summed E-state index contributed by atoms with van der Waals surface area (Å²) < 4.78 is 0. The highest BCUT2D eigenvalue weighted by atomic mass is 13.9. The van der Waals surface area contributed by atoms with Gasteiger partial charge in [-0.05, 0) is 27.7 Å². The molecule has 0 aliphatic carbocycles. The molecule has 0 heterocycles. The predicted molar refractivity (Wildman–Crippen MR) is 38.9 cm³/mol. The normalized spacial score (nSPS) is 10.0. The minimum Gasteiger partial charge on any atom is -0.0874 e. The van der Waals surface area contributed by atoms with Crippen molar-refractivity contribution in [1.29, 1.82) is 0 Å². The third-order valence-electron chi connectivity index (χ3n) is 1.21. The average molecular weight is 110 g/mol. The molecule has 8 heavy (non-hydrogen) atoms. The van der Waals surface area contributed by atoms with E-state index in [1.807, 2.05) is 6.92 Å². The molecule has 0 rings (SSSR count). The SMILES string of the molecule is C/C=C/C(C)=C(C)C. The van der Waals surface area contributed by atoms with E-state index in [1.165, 1.54) is 11.1 Å². The van der Waals surface area contributed by atoms with Gasteiger partial charge in [0.1, 0.15) is 0 Å². The van der Waals surface area contributed by atoms with Crippen molar-refractivity contribution in [2.75, 3.05) is 0 Å². The van der Waals surface area contributed by atoms with Crippen molar-refractivity contribution in [1.82, 2.24) is 0 Å². The van der Waals surface area contributed by atoms with Gasteiger partial charge in [0.25, 0.3) is 0 Å². The van der Waals surface area contributed by atoms with Gasteiger partial charge >= 0.3 is 0 Å². The van der Waals surface area contributed by atoms with Gasteiger partial charge in [-0.3, -0.25) is 0 Å². The smallest absolute Gasteiger partial charge is 0.0399 e. The van der Waals surface area contributed by atoms with E-state index in [0.29, 0.717) is 0 Å². The molecule has 0 radical (unpaired) electrons. The molecule has 0 aromatic heterocycles. The molecule has 0 amide bonds. The van der Waals surface area contributed by atoms with Gasteiger partial charge in [-0.2, -0.15) is 0 Å². The zero-order chi connectivity index (χ0) is 6.57. The molecule has 0 atom stereocenters. The maximum absolute atomic E-state index is 2.12. The molecular formula is C8H14. The fraction of sp³-hybridized carbons (Fsp3) is 0.500. The minimum atomic E-state index is 1.37. The second kappa shape index (κ2) is 3.48. The number of hydrogen-bond donors (Lipinski definition) is 0. The Morgan fingerprint density at radius 2 is 1.62 bits per heavy atom. The standard InChI is InChI=1S/C8H14/c1-5-6-8(4)7(2)3/h5-6H,1-4H3/b6-5+. The van der Waals surface area contributed by atoms with Crippen LogP contribution >= 0.6 is 0 Å². The van der Waals surface area contributed by atoms with Crippen LogP contribution in [-0.2, 0) is 0 Å². The third kappa shape index (κ3) is 2.62. The molecule has 46 valence electrons. The molecule has 0 aromatic rings. The number of rotatable bonds is 1. The van der Waals surface area contributed by atoms with Gasteiger partial charge in [-0.15, -0.1) is 0 Å². The van der Waals surface area contributed by atoms with Crippen LogP contribution in [0, 0.1) is 0 Å². The zero-order valence-electron chi connectivity index (χ0n) is 6.15. The molecule has 0 saturated carbocycles. The Morgan fingerprint density at radius 1 is 1.12 bits per heavy atom. The first-order valence-electron chi connectivity index (χ1n) is 2.95. The molecular weight excluding hydrogens is 96.1 g/mol. The summed E-state index contributed by atoms with van der Waals surface area (Å²) in [5.74, 6) is 0. The molecule has 0 nitrogen and oxygen atoms in total. The van der Waals surface area contributed by atoms with Gasteiger partial charge in [-0.1, -0.05) is 23.3 Å². The summed E-state index contributed by atoms with van der Waals surface area (Å²) in [5.41, 5.74) is 2.76. The van der Waals surface area contributed by atoms with Crippen LogP contribution in [-0.4, -0.2) is 0 Å². The van der Waals surface area contributed by atoms with Gasteiger partial charge < -0.3 is 0 Å². The van der Waals surface area contributed by atoms with Crippen molar-refractivity contribution in [3.8, 4) is 0 Å². The highest BCUT2D eigenvalue weighted by Crippen LogP contribution is 2.01. The summed E-state index contributed by atoms with van der Waals surface area (Å²) in [6, 6.07) is 0. The Bertz CT molecular complexity index is 112. The van der Waals surface area contributed by atoms with Crippen molar-refractivity contribution in [2.45, 2.75) is 27.7 Å². The van der Waals surface area contributed by atoms with Crippen LogP contribution in [0.1, 0.15) is 27.7 Å². The third-order valence-corrected chi connectivity index (χ3v) is 1.21. The van der Waals surface area contributed by atoms with Crippen LogP contribution in [0.4, 0.5) is 0 Å². The summed E-state index contributed by atoms with van der Waals surface area (Å²) in [4.78, 5) is 0. The van der Waals surface area contributed by atoms with Crippen molar-refractivity contribution in [3.05, 3.63) is 23.3 Å². The predicted octanol–water partition coefficient (Wildman–Crippen LogP) is 2.92. The quantitative estimate of drug-likeness (QED) is 0.455. The Balaban J connectivity index is 4.00. The lowest BCUT2D eigenvalue weighted by Crippen LogP contribution is -1.70. The molecule has 0 heteroatoms. The number of hydrogen-bond acceptors (Lipinski definition) is 0. The molecule has 0 aliphatic rings. The van der Waals surface area contributed by atoms with Crippen molar-refractivity contribution < 1.29 is 0 Å². The van der Waals surface area contributed by atoms with E-state index in [0.717, 1.165) is 0 Å². The van der Waals surface area contributed by atoms with Gasteiger partial charge in [0.15, 0.2) is 0 Å². The maximum atomic E-state index is 2.12. The largest absolute Gasteiger partial charge is 0.0874 e. The molecule has 0 bridgehead atoms. The van der Waals surface area contributed by atoms with Crippen LogP contribution in [0.2, 0.25) is 0 Å². The second-order valence-corrected chi connectivity index (χ2v) is 2.18.